The van der Waals surface area contributed by atoms with Gasteiger partial charge in [-0.2, -0.15) is 0 Å². The number of aromatic nitrogens is 3. The Kier molecular flexibility index (Phi) is 6.38. The number of hydrogen-bond acceptors (Lipinski definition) is 4. The summed E-state index contributed by atoms with van der Waals surface area (Å²) in [5.41, 5.74) is 0.882. The van der Waals surface area contributed by atoms with Gasteiger partial charge in [-0.15, -0.1) is 10.2 Å². The topological polar surface area (TPSA) is 71.3 Å². The van der Waals surface area contributed by atoms with Crippen LogP contribution in [-0.4, -0.2) is 55.5 Å². The van der Waals surface area contributed by atoms with Crippen molar-refractivity contribution >= 4 is 11.8 Å². The summed E-state index contributed by atoms with van der Waals surface area (Å²) < 4.78 is 15.0. The summed E-state index contributed by atoms with van der Waals surface area (Å²) in [5.74, 6) is -0.0558. The summed E-state index contributed by atoms with van der Waals surface area (Å²) in [4.78, 5) is 29.2. The normalized spacial score (nSPS) is 17.9. The van der Waals surface area contributed by atoms with E-state index in [1.807, 2.05) is 4.90 Å². The molecular formula is C20H26FN5O2. The Morgan fingerprint density at radius 2 is 1.89 bits per heavy atom. The Labute approximate surface area is 164 Å². The Morgan fingerprint density at radius 3 is 2.54 bits per heavy atom. The standard InChI is InChI=1S/C20H26FN5O2/c1-15(2)18-12-25(19(27)7-9-24-13-22-23-14-24)10-8-20(28)26(18)11-16-3-5-17(21)6-4-16/h3-6,13-15,18H,7-12H2,1-2H3/t18-/m1/s1. The van der Waals surface area contributed by atoms with Crippen LogP contribution in [0.2, 0.25) is 0 Å². The molecule has 2 aromatic rings. The monoisotopic (exact) mass is 387 g/mol. The SMILES string of the molecule is CC(C)[C@H]1CN(C(=O)CCn2cnnc2)CCC(=O)N1Cc1ccc(F)cc1. The fourth-order valence-electron chi connectivity index (χ4n) is 3.48. The number of benzene rings is 1. The van der Waals surface area contributed by atoms with Gasteiger partial charge in [0.1, 0.15) is 18.5 Å². The van der Waals surface area contributed by atoms with Crippen LogP contribution in [0.3, 0.4) is 0 Å². The van der Waals surface area contributed by atoms with Crippen molar-refractivity contribution in [3.05, 3.63) is 48.3 Å². The largest absolute Gasteiger partial charge is 0.340 e. The minimum Gasteiger partial charge on any atom is -0.340 e. The maximum absolute atomic E-state index is 13.2. The van der Waals surface area contributed by atoms with E-state index in [1.165, 1.54) is 12.1 Å². The molecule has 150 valence electrons. The van der Waals surface area contributed by atoms with Crippen LogP contribution in [-0.2, 0) is 22.7 Å². The third-order valence-corrected chi connectivity index (χ3v) is 5.16. The molecule has 1 aromatic carbocycles. The number of carbonyl (C=O) groups excluding carboxylic acids is 2. The van der Waals surface area contributed by atoms with E-state index in [2.05, 4.69) is 24.0 Å². The molecule has 1 aromatic heterocycles. The molecule has 0 saturated carbocycles. The number of rotatable bonds is 6. The van der Waals surface area contributed by atoms with Crippen molar-refractivity contribution in [2.45, 2.75) is 45.8 Å². The second-order valence-corrected chi connectivity index (χ2v) is 7.50. The summed E-state index contributed by atoms with van der Waals surface area (Å²) in [5, 5.41) is 7.48. The van der Waals surface area contributed by atoms with E-state index in [4.69, 9.17) is 0 Å². The molecule has 2 heterocycles. The quantitative estimate of drug-likeness (QED) is 0.761. The third kappa shape index (κ3) is 4.94. The van der Waals surface area contributed by atoms with Crippen molar-refractivity contribution in [3.8, 4) is 0 Å². The molecule has 0 bridgehead atoms. The molecule has 1 aliphatic heterocycles. The van der Waals surface area contributed by atoms with E-state index >= 15 is 0 Å². The molecule has 1 fully saturated rings. The van der Waals surface area contributed by atoms with Crippen LogP contribution in [0.25, 0.3) is 0 Å². The number of aryl methyl sites for hydroxylation is 1. The van der Waals surface area contributed by atoms with Gasteiger partial charge in [-0.1, -0.05) is 26.0 Å². The van der Waals surface area contributed by atoms with Gasteiger partial charge < -0.3 is 14.4 Å². The zero-order chi connectivity index (χ0) is 20.1. The summed E-state index contributed by atoms with van der Waals surface area (Å²) in [6, 6.07) is 6.13. The number of amides is 2. The van der Waals surface area contributed by atoms with Crippen LogP contribution in [0.1, 0.15) is 32.3 Å². The number of carbonyl (C=O) groups is 2. The minimum atomic E-state index is -0.295. The molecule has 0 N–H and O–H groups in total. The maximum Gasteiger partial charge on any atom is 0.224 e. The highest BCUT2D eigenvalue weighted by Crippen LogP contribution is 2.21. The highest BCUT2D eigenvalue weighted by Gasteiger charge is 2.33. The fourth-order valence-corrected chi connectivity index (χ4v) is 3.48. The van der Waals surface area contributed by atoms with Crippen LogP contribution in [0, 0.1) is 11.7 Å². The molecular weight excluding hydrogens is 361 g/mol. The lowest BCUT2D eigenvalue weighted by Gasteiger charge is -2.34. The van der Waals surface area contributed by atoms with Crippen LogP contribution in [0.4, 0.5) is 4.39 Å². The number of hydrogen-bond donors (Lipinski definition) is 0. The Bertz CT molecular complexity index is 791. The van der Waals surface area contributed by atoms with Crippen LogP contribution in [0.15, 0.2) is 36.9 Å². The van der Waals surface area contributed by atoms with Gasteiger partial charge in [-0.3, -0.25) is 9.59 Å². The van der Waals surface area contributed by atoms with E-state index < -0.39 is 0 Å². The first-order chi connectivity index (χ1) is 13.4. The lowest BCUT2D eigenvalue weighted by molar-refractivity contribution is -0.134. The first-order valence-electron chi connectivity index (χ1n) is 9.58. The second kappa shape index (κ2) is 8.95. The molecule has 2 amide bonds. The molecule has 0 aliphatic carbocycles. The van der Waals surface area contributed by atoms with Crippen molar-refractivity contribution in [1.82, 2.24) is 24.6 Å². The zero-order valence-electron chi connectivity index (χ0n) is 16.3. The average Bonchev–Trinajstić information content (AvgIpc) is 3.13. The van der Waals surface area contributed by atoms with Crippen LogP contribution in [0.5, 0.6) is 0 Å². The summed E-state index contributed by atoms with van der Waals surface area (Å²) in [6.45, 7) is 5.97. The second-order valence-electron chi connectivity index (χ2n) is 7.50. The van der Waals surface area contributed by atoms with E-state index in [0.29, 0.717) is 39.0 Å². The molecule has 0 unspecified atom stereocenters. The Balaban J connectivity index is 1.70. The molecule has 1 saturated heterocycles. The van der Waals surface area contributed by atoms with Gasteiger partial charge in [0.05, 0.1) is 6.04 Å². The first-order valence-corrected chi connectivity index (χ1v) is 9.58. The molecule has 7 nitrogen and oxygen atoms in total. The average molecular weight is 387 g/mol. The molecule has 1 aliphatic rings. The van der Waals surface area contributed by atoms with Crippen molar-refractivity contribution in [3.63, 3.8) is 0 Å². The predicted octanol–water partition coefficient (Wildman–Crippen LogP) is 2.09. The molecule has 8 heteroatoms. The molecule has 28 heavy (non-hydrogen) atoms. The summed E-state index contributed by atoms with van der Waals surface area (Å²) in [7, 11) is 0. The van der Waals surface area contributed by atoms with E-state index in [0.717, 1.165) is 5.56 Å². The zero-order valence-corrected chi connectivity index (χ0v) is 16.3. The van der Waals surface area contributed by atoms with Crippen molar-refractivity contribution in [2.24, 2.45) is 5.92 Å². The minimum absolute atomic E-state index is 0.0239. The van der Waals surface area contributed by atoms with Gasteiger partial charge in [0.25, 0.3) is 0 Å². The van der Waals surface area contributed by atoms with Gasteiger partial charge in [-0.05, 0) is 23.6 Å². The van der Waals surface area contributed by atoms with Gasteiger partial charge in [-0.25, -0.2) is 4.39 Å². The van der Waals surface area contributed by atoms with Gasteiger partial charge in [0.2, 0.25) is 11.8 Å². The van der Waals surface area contributed by atoms with Crippen molar-refractivity contribution < 1.29 is 14.0 Å². The molecule has 3 rings (SSSR count). The third-order valence-electron chi connectivity index (χ3n) is 5.16. The number of halogens is 1. The van der Waals surface area contributed by atoms with E-state index in [-0.39, 0.29) is 29.6 Å². The van der Waals surface area contributed by atoms with Crippen molar-refractivity contribution in [1.29, 1.82) is 0 Å². The summed E-state index contributed by atoms with van der Waals surface area (Å²) in [6.07, 6.45) is 3.80. The first kappa shape index (κ1) is 20.0. The predicted molar refractivity (Wildman–Crippen MR) is 101 cm³/mol. The highest BCUT2D eigenvalue weighted by atomic mass is 19.1. The van der Waals surface area contributed by atoms with Crippen LogP contribution >= 0.6 is 0 Å². The Hall–Kier alpha value is -2.77. The smallest absolute Gasteiger partial charge is 0.224 e. The Morgan fingerprint density at radius 1 is 1.21 bits per heavy atom. The van der Waals surface area contributed by atoms with E-state index in [1.54, 1.807) is 34.3 Å². The highest BCUT2D eigenvalue weighted by molar-refractivity contribution is 5.80. The lowest BCUT2D eigenvalue weighted by Crippen LogP contribution is -2.47. The number of nitrogens with zero attached hydrogens (tertiary/aromatic N) is 5. The molecule has 0 spiro atoms. The maximum atomic E-state index is 13.2. The van der Waals surface area contributed by atoms with Crippen LogP contribution < -0.4 is 0 Å². The van der Waals surface area contributed by atoms with Gasteiger partial charge in [0.15, 0.2) is 0 Å². The fraction of sp³-hybridized carbons (Fsp3) is 0.500. The summed E-state index contributed by atoms with van der Waals surface area (Å²) >= 11 is 0. The lowest BCUT2D eigenvalue weighted by atomic mass is 10.0. The van der Waals surface area contributed by atoms with Gasteiger partial charge >= 0.3 is 0 Å². The molecule has 0 radical (unpaired) electrons. The van der Waals surface area contributed by atoms with E-state index in [9.17, 15) is 14.0 Å². The van der Waals surface area contributed by atoms with Crippen molar-refractivity contribution in [2.75, 3.05) is 13.1 Å². The molecule has 1 atom stereocenters. The van der Waals surface area contributed by atoms with Gasteiger partial charge in [0, 0.05) is 39.0 Å².